The zero-order valence-electron chi connectivity index (χ0n) is 5.73. The molecule has 0 saturated carbocycles. The number of anilines is 1. The topological polar surface area (TPSA) is 40.7 Å². The molecule has 0 fully saturated rings. The van der Waals surface area contributed by atoms with Crippen LogP contribution in [-0.2, 0) is 0 Å². The van der Waals surface area contributed by atoms with E-state index in [0.29, 0.717) is 0 Å². The molecular formula is C6H11N3. The number of imidazole rings is 1. The number of hydrogen-bond donors (Lipinski definition) is 2. The summed E-state index contributed by atoms with van der Waals surface area (Å²) in [5.74, 6) is 0.856. The molecule has 0 aromatic carbocycles. The fourth-order valence-electron chi connectivity index (χ4n) is 0.670. The van der Waals surface area contributed by atoms with Gasteiger partial charge in [-0.05, 0) is 13.8 Å². The molecule has 1 aromatic rings. The summed E-state index contributed by atoms with van der Waals surface area (Å²) in [5.41, 5.74) is 1.09. The molecule has 9 heavy (non-hydrogen) atoms. The van der Waals surface area contributed by atoms with Crippen molar-refractivity contribution >= 4 is 5.95 Å². The number of rotatable bonds is 2. The van der Waals surface area contributed by atoms with E-state index in [0.717, 1.165) is 18.2 Å². The maximum absolute atomic E-state index is 4.04. The highest BCUT2D eigenvalue weighted by Gasteiger charge is 1.90. The second-order valence-corrected chi connectivity index (χ2v) is 1.95. The molecule has 3 heteroatoms. The van der Waals surface area contributed by atoms with Gasteiger partial charge in [0, 0.05) is 18.4 Å². The van der Waals surface area contributed by atoms with Crippen molar-refractivity contribution < 1.29 is 0 Å². The first-order valence-electron chi connectivity index (χ1n) is 3.08. The largest absolute Gasteiger partial charge is 0.356 e. The second kappa shape index (κ2) is 2.53. The molecular weight excluding hydrogens is 114 g/mol. The maximum Gasteiger partial charge on any atom is 0.200 e. The van der Waals surface area contributed by atoms with Crippen molar-refractivity contribution in [3.8, 4) is 0 Å². The first-order chi connectivity index (χ1) is 4.33. The van der Waals surface area contributed by atoms with Crippen LogP contribution in [0.4, 0.5) is 5.95 Å². The van der Waals surface area contributed by atoms with Crippen LogP contribution < -0.4 is 5.32 Å². The van der Waals surface area contributed by atoms with Gasteiger partial charge in [0.15, 0.2) is 5.95 Å². The van der Waals surface area contributed by atoms with Gasteiger partial charge < -0.3 is 10.3 Å². The Bertz CT molecular complexity index is 180. The Balaban J connectivity index is 2.61. The van der Waals surface area contributed by atoms with Crippen molar-refractivity contribution in [2.45, 2.75) is 13.8 Å². The van der Waals surface area contributed by atoms with E-state index >= 15 is 0 Å². The zero-order chi connectivity index (χ0) is 6.69. The standard InChI is InChI=1S/C6H11N3/c1-3-7-6-8-4-5(2)9-6/h4H,3H2,1-2H3,(H2,7,8,9). The Labute approximate surface area is 54.5 Å². The third kappa shape index (κ3) is 1.45. The van der Waals surface area contributed by atoms with Crippen LogP contribution in [0.3, 0.4) is 0 Å². The lowest BCUT2D eigenvalue weighted by atomic mass is 10.6. The molecule has 50 valence electrons. The third-order valence-corrected chi connectivity index (χ3v) is 1.05. The van der Waals surface area contributed by atoms with Gasteiger partial charge in [-0.2, -0.15) is 0 Å². The number of aromatic nitrogens is 2. The second-order valence-electron chi connectivity index (χ2n) is 1.95. The van der Waals surface area contributed by atoms with Gasteiger partial charge in [-0.25, -0.2) is 4.98 Å². The first-order valence-corrected chi connectivity index (χ1v) is 3.08. The summed E-state index contributed by atoms with van der Waals surface area (Å²) in [7, 11) is 0. The molecule has 0 aliphatic rings. The Morgan fingerprint density at radius 3 is 3.00 bits per heavy atom. The Kier molecular flexibility index (Phi) is 1.72. The number of nitrogens with zero attached hydrogens (tertiary/aromatic N) is 1. The van der Waals surface area contributed by atoms with Crippen LogP contribution in [-0.4, -0.2) is 16.5 Å². The van der Waals surface area contributed by atoms with E-state index in [-0.39, 0.29) is 0 Å². The maximum atomic E-state index is 4.04. The molecule has 3 nitrogen and oxygen atoms in total. The summed E-state index contributed by atoms with van der Waals surface area (Å²) >= 11 is 0. The molecule has 0 radical (unpaired) electrons. The molecule has 2 N–H and O–H groups in total. The van der Waals surface area contributed by atoms with E-state index in [4.69, 9.17) is 0 Å². The van der Waals surface area contributed by atoms with E-state index in [1.54, 1.807) is 6.20 Å². The normalized spacial score (nSPS) is 9.56. The van der Waals surface area contributed by atoms with Gasteiger partial charge in [-0.3, -0.25) is 0 Å². The Morgan fingerprint density at radius 2 is 2.56 bits per heavy atom. The molecule has 1 heterocycles. The highest BCUT2D eigenvalue weighted by molar-refractivity contribution is 5.24. The van der Waals surface area contributed by atoms with Crippen LogP contribution in [0.1, 0.15) is 12.6 Å². The van der Waals surface area contributed by atoms with E-state index < -0.39 is 0 Å². The van der Waals surface area contributed by atoms with Crippen molar-refractivity contribution in [2.75, 3.05) is 11.9 Å². The summed E-state index contributed by atoms with van der Waals surface area (Å²) in [6, 6.07) is 0. The van der Waals surface area contributed by atoms with Crippen molar-refractivity contribution in [3.63, 3.8) is 0 Å². The quantitative estimate of drug-likeness (QED) is 0.622. The van der Waals surface area contributed by atoms with Crippen LogP contribution in [0.15, 0.2) is 6.20 Å². The fraction of sp³-hybridized carbons (Fsp3) is 0.500. The minimum Gasteiger partial charge on any atom is -0.356 e. The molecule has 0 aliphatic carbocycles. The van der Waals surface area contributed by atoms with E-state index in [9.17, 15) is 0 Å². The van der Waals surface area contributed by atoms with Gasteiger partial charge >= 0.3 is 0 Å². The van der Waals surface area contributed by atoms with E-state index in [2.05, 4.69) is 15.3 Å². The van der Waals surface area contributed by atoms with Crippen molar-refractivity contribution in [1.82, 2.24) is 9.97 Å². The van der Waals surface area contributed by atoms with Gasteiger partial charge in [-0.15, -0.1) is 0 Å². The number of aromatic amines is 1. The summed E-state index contributed by atoms with van der Waals surface area (Å²) in [6.07, 6.45) is 1.80. The minimum atomic E-state index is 0.856. The SMILES string of the molecule is CCNc1ncc(C)[nH]1. The van der Waals surface area contributed by atoms with Crippen LogP contribution in [0, 0.1) is 6.92 Å². The van der Waals surface area contributed by atoms with Crippen molar-refractivity contribution in [2.24, 2.45) is 0 Å². The smallest absolute Gasteiger partial charge is 0.200 e. The number of hydrogen-bond acceptors (Lipinski definition) is 2. The zero-order valence-corrected chi connectivity index (χ0v) is 5.73. The summed E-state index contributed by atoms with van der Waals surface area (Å²) in [6.45, 7) is 4.93. The molecule has 1 rings (SSSR count). The number of nitrogens with one attached hydrogen (secondary N) is 2. The third-order valence-electron chi connectivity index (χ3n) is 1.05. The summed E-state index contributed by atoms with van der Waals surface area (Å²) < 4.78 is 0. The lowest BCUT2D eigenvalue weighted by Gasteiger charge is -1.93. The predicted octanol–water partition coefficient (Wildman–Crippen LogP) is 1.15. The average molecular weight is 125 g/mol. The molecule has 0 spiro atoms. The summed E-state index contributed by atoms with van der Waals surface area (Å²) in [5, 5.41) is 3.06. The van der Waals surface area contributed by atoms with Gasteiger partial charge in [0.05, 0.1) is 0 Å². The van der Waals surface area contributed by atoms with Crippen LogP contribution >= 0.6 is 0 Å². The van der Waals surface area contributed by atoms with Crippen LogP contribution in [0.25, 0.3) is 0 Å². The molecule has 1 aromatic heterocycles. The van der Waals surface area contributed by atoms with E-state index in [1.807, 2.05) is 13.8 Å². The fourth-order valence-corrected chi connectivity index (χ4v) is 0.670. The molecule has 0 unspecified atom stereocenters. The average Bonchev–Trinajstić information content (AvgIpc) is 2.17. The highest BCUT2D eigenvalue weighted by atomic mass is 15.1. The predicted molar refractivity (Wildman–Crippen MR) is 37.5 cm³/mol. The monoisotopic (exact) mass is 125 g/mol. The molecule has 0 bridgehead atoms. The van der Waals surface area contributed by atoms with Gasteiger partial charge in [0.2, 0.25) is 0 Å². The lowest BCUT2D eigenvalue weighted by Crippen LogP contribution is -1.97. The van der Waals surface area contributed by atoms with Crippen molar-refractivity contribution in [3.05, 3.63) is 11.9 Å². The molecule has 0 amide bonds. The lowest BCUT2D eigenvalue weighted by molar-refractivity contribution is 1.13. The Morgan fingerprint density at radius 1 is 1.78 bits per heavy atom. The Hall–Kier alpha value is -0.990. The first kappa shape index (κ1) is 6.13. The molecule has 0 saturated heterocycles. The number of aryl methyl sites for hydroxylation is 1. The van der Waals surface area contributed by atoms with Gasteiger partial charge in [0.25, 0.3) is 0 Å². The van der Waals surface area contributed by atoms with Crippen molar-refractivity contribution in [1.29, 1.82) is 0 Å². The summed E-state index contributed by atoms with van der Waals surface area (Å²) in [4.78, 5) is 7.09. The van der Waals surface area contributed by atoms with Crippen LogP contribution in [0.5, 0.6) is 0 Å². The van der Waals surface area contributed by atoms with Crippen LogP contribution in [0.2, 0.25) is 0 Å². The minimum absolute atomic E-state index is 0.856. The highest BCUT2D eigenvalue weighted by Crippen LogP contribution is 1.98. The van der Waals surface area contributed by atoms with E-state index in [1.165, 1.54) is 0 Å². The molecule has 0 atom stereocenters. The molecule has 0 aliphatic heterocycles. The number of H-pyrrole nitrogens is 1. The van der Waals surface area contributed by atoms with Gasteiger partial charge in [-0.1, -0.05) is 0 Å². The van der Waals surface area contributed by atoms with Gasteiger partial charge in [0.1, 0.15) is 0 Å².